The first-order valence-corrected chi connectivity index (χ1v) is 9.63. The molecule has 4 radical (unpaired) electrons. The molecule has 0 saturated carbocycles. The summed E-state index contributed by atoms with van der Waals surface area (Å²) >= 11 is 0. The van der Waals surface area contributed by atoms with E-state index in [1.165, 1.54) is 22.3 Å². The van der Waals surface area contributed by atoms with Crippen LogP contribution in [0.3, 0.4) is 0 Å². The molecule has 4 heteroatoms. The van der Waals surface area contributed by atoms with E-state index in [4.69, 9.17) is 9.98 Å². The van der Waals surface area contributed by atoms with E-state index in [1.807, 2.05) is 13.8 Å². The van der Waals surface area contributed by atoms with Crippen molar-refractivity contribution in [1.29, 1.82) is 0 Å². The molecule has 0 aliphatic heterocycles. The molecule has 0 spiro atoms. The topological polar surface area (TPSA) is 24.7 Å². The first-order chi connectivity index (χ1) is 13.4. The molecule has 0 atom stereocenters. The van der Waals surface area contributed by atoms with Crippen molar-refractivity contribution in [1.82, 2.24) is 0 Å². The van der Waals surface area contributed by atoms with Gasteiger partial charge in [0.1, 0.15) is 0 Å². The number of benzene rings is 3. The van der Waals surface area contributed by atoms with E-state index in [0.29, 0.717) is 0 Å². The molecule has 0 unspecified atom stereocenters. The number of para-hydroxylation sites is 2. The molecular formula is C26H33N2SSb. The van der Waals surface area contributed by atoms with E-state index >= 15 is 0 Å². The van der Waals surface area contributed by atoms with E-state index in [1.54, 1.807) is 0 Å². The zero-order chi connectivity index (χ0) is 20.3. The molecule has 3 aromatic rings. The average Bonchev–Trinajstić information content (AvgIpc) is 2.67. The predicted molar refractivity (Wildman–Crippen MR) is 141 cm³/mol. The van der Waals surface area contributed by atoms with Crippen LogP contribution < -0.4 is 0 Å². The summed E-state index contributed by atoms with van der Waals surface area (Å²) in [6.45, 7) is 12.5. The molecule has 0 amide bonds. The molecular weight excluding hydrogens is 494 g/mol. The van der Waals surface area contributed by atoms with Gasteiger partial charge in [0.25, 0.3) is 0 Å². The molecule has 0 fully saturated rings. The average molecular weight is 527 g/mol. The standard InChI is InChI=1S/C26H27N2.H2S.Sb.2H2/c1-17-10-7-11-18(2)25(17)27-21(5)23-14-9-15-24(16-23)22(6)28-26-19(3)12-8-13-20(26)4;;;;/h7-15H,1-6H3;1H2;;2*1H. The van der Waals surface area contributed by atoms with Crippen LogP contribution in [0.4, 0.5) is 11.4 Å². The maximum absolute atomic E-state index is 4.89. The molecule has 3 rings (SSSR count). The molecule has 0 bridgehead atoms. The van der Waals surface area contributed by atoms with Crippen molar-refractivity contribution in [2.75, 3.05) is 0 Å². The molecule has 0 heterocycles. The first-order valence-electron chi connectivity index (χ1n) is 9.63. The van der Waals surface area contributed by atoms with E-state index in [2.05, 4.69) is 88.4 Å². The van der Waals surface area contributed by atoms with Gasteiger partial charge < -0.3 is 0 Å². The number of aliphatic imine (C=N–C) groups is 2. The molecule has 158 valence electrons. The second-order valence-corrected chi connectivity index (χ2v) is 7.35. The van der Waals surface area contributed by atoms with Crippen LogP contribution >= 0.6 is 13.5 Å². The van der Waals surface area contributed by atoms with Gasteiger partial charge in [-0.2, -0.15) is 13.5 Å². The van der Waals surface area contributed by atoms with Crippen LogP contribution in [0, 0.1) is 33.8 Å². The van der Waals surface area contributed by atoms with Crippen LogP contribution in [0.5, 0.6) is 0 Å². The van der Waals surface area contributed by atoms with Crippen molar-refractivity contribution < 1.29 is 2.85 Å². The predicted octanol–water partition coefficient (Wildman–Crippen LogP) is 7.23. The molecule has 0 aromatic heterocycles. The fraction of sp³-hybridized carbons (Fsp3) is 0.231. The summed E-state index contributed by atoms with van der Waals surface area (Å²) in [5.41, 5.74) is 10.7. The second-order valence-electron chi connectivity index (χ2n) is 7.35. The molecule has 2 nitrogen and oxygen atoms in total. The SMILES string of the molecule is CC(=Nc1c(C)cccc1C)c1[c]c(C(C)=Nc2c(C)cccc2C)ccc1.S.[HH].[HH].[Sb]. The maximum atomic E-state index is 4.89. The van der Waals surface area contributed by atoms with Gasteiger partial charge in [0, 0.05) is 55.9 Å². The van der Waals surface area contributed by atoms with Gasteiger partial charge in [-0.1, -0.05) is 54.6 Å². The number of aryl methyl sites for hydroxylation is 4. The van der Waals surface area contributed by atoms with Crippen molar-refractivity contribution >= 4 is 60.7 Å². The summed E-state index contributed by atoms with van der Waals surface area (Å²) in [4.78, 5) is 9.77. The summed E-state index contributed by atoms with van der Waals surface area (Å²) in [7, 11) is 0. The zero-order valence-corrected chi connectivity index (χ0v) is 22.1. The molecule has 0 aliphatic carbocycles. The van der Waals surface area contributed by atoms with Gasteiger partial charge in [0.2, 0.25) is 0 Å². The van der Waals surface area contributed by atoms with Gasteiger partial charge >= 0.3 is 0 Å². The first kappa shape index (κ1) is 26.2. The fourth-order valence-corrected chi connectivity index (χ4v) is 3.31. The fourth-order valence-electron chi connectivity index (χ4n) is 3.31. The summed E-state index contributed by atoms with van der Waals surface area (Å²) in [5.74, 6) is 0. The maximum Gasteiger partial charge on any atom is 0.0691 e. The van der Waals surface area contributed by atoms with Gasteiger partial charge in [-0.15, -0.1) is 0 Å². The number of hydrogen-bond donors (Lipinski definition) is 0. The van der Waals surface area contributed by atoms with E-state index in [-0.39, 0.29) is 40.8 Å². The normalized spacial score (nSPS) is 11.5. The van der Waals surface area contributed by atoms with Crippen molar-refractivity contribution in [3.05, 3.63) is 94.0 Å². The van der Waals surface area contributed by atoms with E-state index in [9.17, 15) is 0 Å². The van der Waals surface area contributed by atoms with Crippen molar-refractivity contribution in [2.24, 2.45) is 9.98 Å². The Bertz CT molecular complexity index is 972. The Kier molecular flexibility index (Phi) is 10.1. The minimum absolute atomic E-state index is 0. The van der Waals surface area contributed by atoms with Gasteiger partial charge in [-0.3, -0.25) is 9.98 Å². The number of nitrogens with zero attached hydrogens (tertiary/aromatic N) is 2. The third kappa shape index (κ3) is 6.09. The Morgan fingerprint density at radius 3 is 1.27 bits per heavy atom. The quantitative estimate of drug-likeness (QED) is 0.253. The van der Waals surface area contributed by atoms with Gasteiger partial charge in [0.05, 0.1) is 11.4 Å². The monoisotopic (exact) mass is 526 g/mol. The van der Waals surface area contributed by atoms with Gasteiger partial charge in [-0.05, 0) is 63.8 Å². The van der Waals surface area contributed by atoms with E-state index < -0.39 is 0 Å². The second kappa shape index (κ2) is 11.5. The van der Waals surface area contributed by atoms with Gasteiger partial charge in [0.15, 0.2) is 0 Å². The smallest absolute Gasteiger partial charge is 0.0691 e. The molecule has 0 N–H and O–H groups in total. The Morgan fingerprint density at radius 2 is 0.933 bits per heavy atom. The summed E-state index contributed by atoms with van der Waals surface area (Å²) in [5, 5.41) is 0. The van der Waals surface area contributed by atoms with Crippen molar-refractivity contribution in [2.45, 2.75) is 41.5 Å². The largest absolute Gasteiger partial charge is 0.253 e. The molecule has 3 aromatic carbocycles. The van der Waals surface area contributed by atoms with Crippen LogP contribution in [0.15, 0.2) is 64.6 Å². The number of hydrogen-bond acceptors (Lipinski definition) is 2. The summed E-state index contributed by atoms with van der Waals surface area (Å²) < 4.78 is 0. The van der Waals surface area contributed by atoms with Crippen LogP contribution in [0.25, 0.3) is 0 Å². The Hall–Kier alpha value is -1.83. The Morgan fingerprint density at radius 1 is 0.633 bits per heavy atom. The minimum atomic E-state index is 0. The third-order valence-corrected chi connectivity index (χ3v) is 5.01. The van der Waals surface area contributed by atoms with Crippen molar-refractivity contribution in [3.8, 4) is 0 Å². The summed E-state index contributed by atoms with van der Waals surface area (Å²) in [6.07, 6.45) is 0. The Balaban J connectivity index is 0. The zero-order valence-electron chi connectivity index (χ0n) is 18.5. The Labute approximate surface area is 208 Å². The van der Waals surface area contributed by atoms with Gasteiger partial charge in [-0.25, -0.2) is 0 Å². The molecule has 0 saturated heterocycles. The van der Waals surface area contributed by atoms with E-state index in [0.717, 1.165) is 33.9 Å². The number of rotatable bonds is 4. The van der Waals surface area contributed by atoms with Crippen LogP contribution in [0.1, 0.15) is 50.1 Å². The van der Waals surface area contributed by atoms with Crippen molar-refractivity contribution in [3.63, 3.8) is 0 Å². The summed E-state index contributed by atoms with van der Waals surface area (Å²) in [6, 6.07) is 22.2. The van der Waals surface area contributed by atoms with Crippen LogP contribution in [-0.2, 0) is 0 Å². The molecule has 30 heavy (non-hydrogen) atoms. The van der Waals surface area contributed by atoms with Crippen LogP contribution in [0.2, 0.25) is 0 Å². The minimum Gasteiger partial charge on any atom is -0.253 e. The third-order valence-electron chi connectivity index (χ3n) is 5.01. The molecule has 0 aliphatic rings. The van der Waals surface area contributed by atoms with Crippen LogP contribution in [-0.4, -0.2) is 35.9 Å².